The summed E-state index contributed by atoms with van der Waals surface area (Å²) in [5, 5.41) is 5.86. The summed E-state index contributed by atoms with van der Waals surface area (Å²) in [6, 6.07) is 22.6. The molecule has 2 aromatic heterocycles. The molecular formula is C29H26N6O2. The van der Waals surface area contributed by atoms with Gasteiger partial charge in [-0.2, -0.15) is 0 Å². The number of carbonyl (C=O) groups excluding carboxylic acids is 2. The summed E-state index contributed by atoms with van der Waals surface area (Å²) in [4.78, 5) is 38.6. The van der Waals surface area contributed by atoms with Crippen LogP contribution in [-0.2, 0) is 11.3 Å². The van der Waals surface area contributed by atoms with Crippen molar-refractivity contribution in [3.63, 3.8) is 0 Å². The standard InChI is InChI=1S/C29H26N6O2/c1-20(36)32-24-11-6-5-10-23(24)28-27(21-8-3-2-4-9-21)33-25-13-12-22(18-26(25)34-28)29(37)31-14-7-16-35-17-15-30-19-35/h2-6,8-13,15,17-19H,7,14,16H2,1H3,(H,31,37)(H,32,36). The van der Waals surface area contributed by atoms with Gasteiger partial charge in [0.15, 0.2) is 0 Å². The summed E-state index contributed by atoms with van der Waals surface area (Å²) in [5.74, 6) is -0.337. The first kappa shape index (κ1) is 23.9. The lowest BCUT2D eigenvalue weighted by molar-refractivity contribution is -0.114. The fourth-order valence-corrected chi connectivity index (χ4v) is 4.15. The molecule has 8 nitrogen and oxygen atoms in total. The summed E-state index contributed by atoms with van der Waals surface area (Å²) in [5.41, 5.74) is 5.41. The highest BCUT2D eigenvalue weighted by Crippen LogP contribution is 2.35. The molecule has 37 heavy (non-hydrogen) atoms. The van der Waals surface area contributed by atoms with Gasteiger partial charge in [-0.25, -0.2) is 15.0 Å². The number of aryl methyl sites for hydroxylation is 1. The second kappa shape index (κ2) is 10.8. The molecule has 0 fully saturated rings. The van der Waals surface area contributed by atoms with Crippen molar-refractivity contribution in [1.82, 2.24) is 24.8 Å². The molecule has 3 aromatic carbocycles. The number of amides is 2. The number of imidazole rings is 1. The Morgan fingerprint density at radius 1 is 0.892 bits per heavy atom. The molecule has 0 unspecified atom stereocenters. The van der Waals surface area contributed by atoms with Crippen molar-refractivity contribution in [2.45, 2.75) is 19.9 Å². The van der Waals surface area contributed by atoms with Crippen LogP contribution in [0.3, 0.4) is 0 Å². The van der Waals surface area contributed by atoms with E-state index >= 15 is 0 Å². The largest absolute Gasteiger partial charge is 0.352 e. The van der Waals surface area contributed by atoms with Crippen molar-refractivity contribution in [1.29, 1.82) is 0 Å². The smallest absolute Gasteiger partial charge is 0.251 e. The summed E-state index contributed by atoms with van der Waals surface area (Å²) in [6.07, 6.45) is 6.19. The van der Waals surface area contributed by atoms with Crippen LogP contribution in [0, 0.1) is 0 Å². The molecule has 0 aliphatic carbocycles. The Balaban J connectivity index is 1.49. The first-order chi connectivity index (χ1) is 18.1. The maximum Gasteiger partial charge on any atom is 0.251 e. The van der Waals surface area contributed by atoms with E-state index in [1.54, 1.807) is 24.7 Å². The highest BCUT2D eigenvalue weighted by atomic mass is 16.2. The minimum atomic E-state index is -0.172. The first-order valence-electron chi connectivity index (χ1n) is 12.1. The van der Waals surface area contributed by atoms with Crippen LogP contribution in [-0.4, -0.2) is 37.9 Å². The third kappa shape index (κ3) is 5.54. The Hall–Kier alpha value is -4.85. The third-order valence-corrected chi connectivity index (χ3v) is 5.90. The molecule has 0 bridgehead atoms. The van der Waals surface area contributed by atoms with Gasteiger partial charge >= 0.3 is 0 Å². The normalized spacial score (nSPS) is 10.8. The van der Waals surface area contributed by atoms with Gasteiger partial charge in [-0.1, -0.05) is 48.5 Å². The van der Waals surface area contributed by atoms with Gasteiger partial charge in [-0.05, 0) is 30.7 Å². The molecule has 5 aromatic rings. The summed E-state index contributed by atoms with van der Waals surface area (Å²) >= 11 is 0. The predicted molar refractivity (Wildman–Crippen MR) is 144 cm³/mol. The number of rotatable bonds is 8. The maximum absolute atomic E-state index is 12.8. The van der Waals surface area contributed by atoms with Crippen LogP contribution in [0.1, 0.15) is 23.7 Å². The first-order valence-corrected chi connectivity index (χ1v) is 12.1. The summed E-state index contributed by atoms with van der Waals surface area (Å²) in [7, 11) is 0. The fourth-order valence-electron chi connectivity index (χ4n) is 4.15. The molecule has 2 amide bonds. The van der Waals surface area contributed by atoms with E-state index in [4.69, 9.17) is 9.97 Å². The molecule has 0 spiro atoms. The Labute approximate surface area is 214 Å². The van der Waals surface area contributed by atoms with E-state index < -0.39 is 0 Å². The van der Waals surface area contributed by atoms with E-state index in [1.165, 1.54) is 6.92 Å². The number of aromatic nitrogens is 4. The molecule has 0 radical (unpaired) electrons. The number of hydrogen-bond acceptors (Lipinski definition) is 5. The van der Waals surface area contributed by atoms with Crippen LogP contribution in [0.25, 0.3) is 33.5 Å². The fraction of sp³-hybridized carbons (Fsp3) is 0.138. The van der Waals surface area contributed by atoms with Crippen molar-refractivity contribution < 1.29 is 9.59 Å². The summed E-state index contributed by atoms with van der Waals surface area (Å²) in [6.45, 7) is 2.80. The van der Waals surface area contributed by atoms with Gasteiger partial charge in [0.1, 0.15) is 0 Å². The van der Waals surface area contributed by atoms with Crippen LogP contribution >= 0.6 is 0 Å². The van der Waals surface area contributed by atoms with E-state index in [9.17, 15) is 9.59 Å². The Kier molecular flexibility index (Phi) is 6.98. The minimum absolute atomic E-state index is 0.165. The molecule has 184 valence electrons. The van der Waals surface area contributed by atoms with Crippen molar-refractivity contribution in [2.75, 3.05) is 11.9 Å². The van der Waals surface area contributed by atoms with Crippen molar-refractivity contribution >= 4 is 28.5 Å². The maximum atomic E-state index is 12.8. The molecule has 0 aliphatic heterocycles. The van der Waals surface area contributed by atoms with Crippen molar-refractivity contribution in [3.05, 3.63) is 97.1 Å². The Morgan fingerprint density at radius 3 is 2.46 bits per heavy atom. The van der Waals surface area contributed by atoms with Crippen molar-refractivity contribution in [3.8, 4) is 22.5 Å². The molecule has 0 saturated carbocycles. The van der Waals surface area contributed by atoms with E-state index in [0.29, 0.717) is 40.2 Å². The lowest BCUT2D eigenvalue weighted by atomic mass is 10.0. The molecule has 0 saturated heterocycles. The molecule has 0 aliphatic rings. The van der Waals surface area contributed by atoms with Gasteiger partial charge < -0.3 is 15.2 Å². The number of anilines is 1. The van der Waals surface area contributed by atoms with Crippen LogP contribution in [0.5, 0.6) is 0 Å². The van der Waals surface area contributed by atoms with Gasteiger partial charge in [0.05, 0.1) is 34.4 Å². The van der Waals surface area contributed by atoms with Gasteiger partial charge in [-0.15, -0.1) is 0 Å². The van der Waals surface area contributed by atoms with E-state index in [-0.39, 0.29) is 11.8 Å². The number of fused-ring (bicyclic) bond motifs is 1. The second-order valence-electron chi connectivity index (χ2n) is 8.63. The highest BCUT2D eigenvalue weighted by molar-refractivity contribution is 5.99. The summed E-state index contributed by atoms with van der Waals surface area (Å²) < 4.78 is 1.97. The monoisotopic (exact) mass is 490 g/mol. The number of para-hydroxylation sites is 1. The lowest BCUT2D eigenvalue weighted by Gasteiger charge is -2.14. The van der Waals surface area contributed by atoms with E-state index in [1.807, 2.05) is 71.4 Å². The number of nitrogens with zero attached hydrogens (tertiary/aromatic N) is 4. The third-order valence-electron chi connectivity index (χ3n) is 5.90. The van der Waals surface area contributed by atoms with Crippen LogP contribution < -0.4 is 10.6 Å². The predicted octanol–water partition coefficient (Wildman–Crippen LogP) is 4.94. The highest BCUT2D eigenvalue weighted by Gasteiger charge is 2.17. The Morgan fingerprint density at radius 2 is 1.68 bits per heavy atom. The number of nitrogens with one attached hydrogen (secondary N) is 2. The zero-order valence-corrected chi connectivity index (χ0v) is 20.4. The SMILES string of the molecule is CC(=O)Nc1ccccc1-c1nc2cc(C(=O)NCCCn3ccnc3)ccc2nc1-c1ccccc1. The molecule has 8 heteroatoms. The quantitative estimate of drug-likeness (QED) is 0.300. The topological polar surface area (TPSA) is 102 Å². The van der Waals surface area contributed by atoms with Crippen molar-refractivity contribution in [2.24, 2.45) is 0 Å². The molecule has 0 atom stereocenters. The zero-order chi connectivity index (χ0) is 25.6. The number of hydrogen-bond donors (Lipinski definition) is 2. The van der Waals surface area contributed by atoms with Gasteiger partial charge in [0.2, 0.25) is 5.91 Å². The average molecular weight is 491 g/mol. The Bertz CT molecular complexity index is 1550. The number of benzene rings is 3. The van der Waals surface area contributed by atoms with Gasteiger partial charge in [0.25, 0.3) is 5.91 Å². The van der Waals surface area contributed by atoms with Crippen LogP contribution in [0.15, 0.2) is 91.5 Å². The second-order valence-corrected chi connectivity index (χ2v) is 8.63. The minimum Gasteiger partial charge on any atom is -0.352 e. The average Bonchev–Trinajstić information content (AvgIpc) is 3.44. The van der Waals surface area contributed by atoms with Crippen LogP contribution in [0.4, 0.5) is 5.69 Å². The van der Waals surface area contributed by atoms with Gasteiger partial charge in [-0.3, -0.25) is 9.59 Å². The molecular weight excluding hydrogens is 464 g/mol. The number of carbonyl (C=O) groups is 2. The molecule has 5 rings (SSSR count). The van der Waals surface area contributed by atoms with E-state index in [0.717, 1.165) is 24.1 Å². The zero-order valence-electron chi connectivity index (χ0n) is 20.4. The molecule has 2 heterocycles. The molecule has 2 N–H and O–H groups in total. The van der Waals surface area contributed by atoms with Gasteiger partial charge in [0, 0.05) is 49.1 Å². The van der Waals surface area contributed by atoms with Crippen LogP contribution in [0.2, 0.25) is 0 Å². The lowest BCUT2D eigenvalue weighted by Crippen LogP contribution is -2.25. The van der Waals surface area contributed by atoms with E-state index in [2.05, 4.69) is 15.6 Å².